The van der Waals surface area contributed by atoms with E-state index in [4.69, 9.17) is 4.74 Å². The summed E-state index contributed by atoms with van der Waals surface area (Å²) in [6.07, 6.45) is 5.35. The Bertz CT molecular complexity index is 503. The number of rotatable bonds is 4. The lowest BCUT2D eigenvalue weighted by Gasteiger charge is -2.18. The number of aromatic nitrogens is 2. The number of hydrogen-bond donors (Lipinski definition) is 1. The van der Waals surface area contributed by atoms with Crippen LogP contribution < -0.4 is 10.1 Å². The Morgan fingerprint density at radius 3 is 2.79 bits per heavy atom. The summed E-state index contributed by atoms with van der Waals surface area (Å²) in [6, 6.07) is 9.86. The number of hydrogen-bond acceptors (Lipinski definition) is 4. The molecule has 1 saturated heterocycles. The molecule has 19 heavy (non-hydrogen) atoms. The summed E-state index contributed by atoms with van der Waals surface area (Å²) < 4.78 is 5.83. The minimum Gasteiger partial charge on any atom is -0.493 e. The fourth-order valence-electron chi connectivity index (χ4n) is 2.49. The molecule has 1 N–H and O–H groups in total. The van der Waals surface area contributed by atoms with Gasteiger partial charge in [-0.15, -0.1) is 0 Å². The zero-order chi connectivity index (χ0) is 12.9. The molecule has 0 bridgehead atoms. The molecule has 0 amide bonds. The molecule has 4 nitrogen and oxygen atoms in total. The normalized spacial score (nSPS) is 22.3. The number of nitrogens with zero attached hydrogens (tertiary/aromatic N) is 2. The molecule has 3 heterocycles. The number of nitrogens with one attached hydrogen (secondary N) is 1. The van der Waals surface area contributed by atoms with Crippen molar-refractivity contribution in [1.82, 2.24) is 15.3 Å². The van der Waals surface area contributed by atoms with Crippen LogP contribution in [0.4, 0.5) is 0 Å². The minimum atomic E-state index is 0.433. The van der Waals surface area contributed by atoms with Crippen LogP contribution in [0, 0.1) is 5.92 Å². The van der Waals surface area contributed by atoms with E-state index in [2.05, 4.69) is 21.4 Å². The van der Waals surface area contributed by atoms with Gasteiger partial charge in [0.25, 0.3) is 0 Å². The Kier molecular flexibility index (Phi) is 3.70. The van der Waals surface area contributed by atoms with E-state index < -0.39 is 0 Å². The van der Waals surface area contributed by atoms with Gasteiger partial charge < -0.3 is 10.1 Å². The van der Waals surface area contributed by atoms with Gasteiger partial charge in [-0.25, -0.2) is 0 Å². The summed E-state index contributed by atoms with van der Waals surface area (Å²) >= 11 is 0. The number of ether oxygens (including phenoxy) is 1. The molecule has 2 aromatic rings. The molecule has 3 rings (SSSR count). The molecular weight excluding hydrogens is 238 g/mol. The topological polar surface area (TPSA) is 47.0 Å². The molecule has 2 aromatic heterocycles. The first-order valence-corrected chi connectivity index (χ1v) is 6.58. The van der Waals surface area contributed by atoms with Crippen molar-refractivity contribution in [3.8, 4) is 5.75 Å². The zero-order valence-electron chi connectivity index (χ0n) is 10.7. The van der Waals surface area contributed by atoms with E-state index in [-0.39, 0.29) is 0 Å². The second-order valence-corrected chi connectivity index (χ2v) is 4.77. The Morgan fingerprint density at radius 2 is 2.00 bits per heavy atom. The van der Waals surface area contributed by atoms with Gasteiger partial charge >= 0.3 is 0 Å². The molecule has 1 fully saturated rings. The first-order valence-electron chi connectivity index (χ1n) is 6.58. The van der Waals surface area contributed by atoms with Crippen molar-refractivity contribution in [2.45, 2.75) is 5.92 Å². The first kappa shape index (κ1) is 12.1. The Morgan fingerprint density at radius 1 is 1.11 bits per heavy atom. The molecule has 2 atom stereocenters. The largest absolute Gasteiger partial charge is 0.493 e. The highest BCUT2D eigenvalue weighted by Gasteiger charge is 2.29. The minimum absolute atomic E-state index is 0.433. The fraction of sp³-hybridized carbons (Fsp3) is 0.333. The van der Waals surface area contributed by atoms with Gasteiger partial charge in [0.1, 0.15) is 5.75 Å². The fourth-order valence-corrected chi connectivity index (χ4v) is 2.49. The summed E-state index contributed by atoms with van der Waals surface area (Å²) in [5.41, 5.74) is 1.15. The van der Waals surface area contributed by atoms with Crippen molar-refractivity contribution in [2.24, 2.45) is 5.92 Å². The smallest absolute Gasteiger partial charge is 0.122 e. The van der Waals surface area contributed by atoms with Gasteiger partial charge in [-0.3, -0.25) is 9.97 Å². The van der Waals surface area contributed by atoms with E-state index in [0.717, 1.165) is 24.5 Å². The maximum absolute atomic E-state index is 5.83. The SMILES string of the molecule is c1ccc(C2CNCC2COc2ccncc2)nc1. The van der Waals surface area contributed by atoms with Crippen molar-refractivity contribution >= 4 is 0 Å². The molecule has 0 aromatic carbocycles. The average molecular weight is 255 g/mol. The summed E-state index contributed by atoms with van der Waals surface area (Å²) in [4.78, 5) is 8.45. The highest BCUT2D eigenvalue weighted by Crippen LogP contribution is 2.27. The summed E-state index contributed by atoms with van der Waals surface area (Å²) in [5, 5.41) is 3.42. The van der Waals surface area contributed by atoms with Crippen molar-refractivity contribution in [3.63, 3.8) is 0 Å². The van der Waals surface area contributed by atoms with E-state index in [1.165, 1.54) is 0 Å². The average Bonchev–Trinajstić information content (AvgIpc) is 2.95. The van der Waals surface area contributed by atoms with Gasteiger partial charge in [0.15, 0.2) is 0 Å². The molecule has 0 spiro atoms. The third-order valence-electron chi connectivity index (χ3n) is 3.52. The maximum Gasteiger partial charge on any atom is 0.122 e. The lowest BCUT2D eigenvalue weighted by atomic mass is 9.93. The van der Waals surface area contributed by atoms with Crippen LogP contribution in [0.15, 0.2) is 48.9 Å². The van der Waals surface area contributed by atoms with Crippen LogP contribution in [0.3, 0.4) is 0 Å². The van der Waals surface area contributed by atoms with E-state index in [1.54, 1.807) is 12.4 Å². The van der Waals surface area contributed by atoms with Gasteiger partial charge in [0, 0.05) is 49.2 Å². The van der Waals surface area contributed by atoms with Crippen molar-refractivity contribution in [2.75, 3.05) is 19.7 Å². The predicted octanol–water partition coefficient (Wildman–Crippen LogP) is 1.86. The molecule has 0 saturated carbocycles. The van der Waals surface area contributed by atoms with Gasteiger partial charge in [-0.05, 0) is 24.3 Å². The van der Waals surface area contributed by atoms with Crippen molar-refractivity contribution in [3.05, 3.63) is 54.6 Å². The van der Waals surface area contributed by atoms with Gasteiger partial charge in [0.05, 0.1) is 6.61 Å². The highest BCUT2D eigenvalue weighted by atomic mass is 16.5. The summed E-state index contributed by atoms with van der Waals surface area (Å²) in [6.45, 7) is 2.66. The van der Waals surface area contributed by atoms with E-state index in [0.29, 0.717) is 18.4 Å². The molecule has 2 unspecified atom stereocenters. The van der Waals surface area contributed by atoms with Crippen LogP contribution in [0.2, 0.25) is 0 Å². The lowest BCUT2D eigenvalue weighted by Crippen LogP contribution is -2.20. The van der Waals surface area contributed by atoms with Crippen molar-refractivity contribution in [1.29, 1.82) is 0 Å². The van der Waals surface area contributed by atoms with E-state index in [9.17, 15) is 0 Å². The molecular formula is C15H17N3O. The predicted molar refractivity (Wildman–Crippen MR) is 73.1 cm³/mol. The van der Waals surface area contributed by atoms with Crippen molar-refractivity contribution < 1.29 is 4.74 Å². The van der Waals surface area contributed by atoms with Crippen LogP contribution in [0.25, 0.3) is 0 Å². The molecule has 0 radical (unpaired) electrons. The van der Waals surface area contributed by atoms with Crippen LogP contribution in [-0.4, -0.2) is 29.7 Å². The Balaban J connectivity index is 1.64. The first-order chi connectivity index (χ1) is 9.43. The molecule has 0 aliphatic carbocycles. The van der Waals surface area contributed by atoms with Gasteiger partial charge in [-0.1, -0.05) is 6.07 Å². The standard InChI is InChI=1S/C15H17N3O/c1-2-6-18-15(3-1)14-10-17-9-12(14)11-19-13-4-7-16-8-5-13/h1-8,12,14,17H,9-11H2. The maximum atomic E-state index is 5.83. The summed E-state index contributed by atoms with van der Waals surface area (Å²) in [5.74, 6) is 1.77. The third kappa shape index (κ3) is 2.90. The molecule has 98 valence electrons. The number of pyridine rings is 2. The Hall–Kier alpha value is -1.94. The second-order valence-electron chi connectivity index (χ2n) is 4.77. The van der Waals surface area contributed by atoms with E-state index >= 15 is 0 Å². The molecule has 4 heteroatoms. The van der Waals surface area contributed by atoms with Crippen LogP contribution in [0.1, 0.15) is 11.6 Å². The molecule has 1 aliphatic rings. The van der Waals surface area contributed by atoms with E-state index in [1.807, 2.05) is 30.5 Å². The Labute approximate surface area is 112 Å². The quantitative estimate of drug-likeness (QED) is 0.906. The summed E-state index contributed by atoms with van der Waals surface area (Å²) in [7, 11) is 0. The lowest BCUT2D eigenvalue weighted by molar-refractivity contribution is 0.247. The third-order valence-corrected chi connectivity index (χ3v) is 3.52. The highest BCUT2D eigenvalue weighted by molar-refractivity contribution is 5.18. The van der Waals surface area contributed by atoms with Gasteiger partial charge in [0.2, 0.25) is 0 Å². The molecule has 1 aliphatic heterocycles. The second kappa shape index (κ2) is 5.80. The van der Waals surface area contributed by atoms with Gasteiger partial charge in [-0.2, -0.15) is 0 Å². The van der Waals surface area contributed by atoms with Crippen LogP contribution in [-0.2, 0) is 0 Å². The monoisotopic (exact) mass is 255 g/mol. The zero-order valence-corrected chi connectivity index (χ0v) is 10.7. The van der Waals surface area contributed by atoms with Crippen LogP contribution in [0.5, 0.6) is 5.75 Å². The van der Waals surface area contributed by atoms with Crippen LogP contribution >= 0.6 is 0 Å².